The van der Waals surface area contributed by atoms with Gasteiger partial charge < -0.3 is 14.6 Å². The van der Waals surface area contributed by atoms with Crippen LogP contribution >= 0.6 is 22.9 Å². The SMILES string of the molecule is Cc1ccc(-c2c(NC(=O)c3ccc(Cl)cc3)sc(=Nc3ccccc3)n2C[C@H]2CCCO2)cc1. The largest absolute Gasteiger partial charge is 0.376 e. The number of aromatic nitrogens is 1. The number of para-hydroxylation sites is 1. The second-order valence-electron chi connectivity index (χ2n) is 8.58. The van der Waals surface area contributed by atoms with E-state index in [1.54, 1.807) is 24.3 Å². The predicted molar refractivity (Wildman–Crippen MR) is 143 cm³/mol. The molecule has 1 amide bonds. The lowest BCUT2D eigenvalue weighted by Gasteiger charge is -2.15. The Morgan fingerprint density at radius 2 is 1.83 bits per heavy atom. The van der Waals surface area contributed by atoms with Crippen molar-refractivity contribution in [3.8, 4) is 11.3 Å². The topological polar surface area (TPSA) is 55.6 Å². The molecule has 0 spiro atoms. The molecule has 178 valence electrons. The van der Waals surface area contributed by atoms with Crippen LogP contribution in [0.1, 0.15) is 28.8 Å². The second kappa shape index (κ2) is 10.6. The molecule has 5 rings (SSSR count). The molecular formula is C28H26ClN3O2S. The third-order valence-corrected chi connectivity index (χ3v) is 7.20. The lowest BCUT2D eigenvalue weighted by Crippen LogP contribution is -2.24. The lowest BCUT2D eigenvalue weighted by molar-refractivity contribution is 0.0968. The zero-order valence-corrected chi connectivity index (χ0v) is 21.0. The van der Waals surface area contributed by atoms with Crippen LogP contribution in [0.3, 0.4) is 0 Å². The molecule has 1 N–H and O–H groups in total. The highest BCUT2D eigenvalue weighted by molar-refractivity contribution is 7.14. The van der Waals surface area contributed by atoms with Gasteiger partial charge in [-0.05, 0) is 56.2 Å². The van der Waals surface area contributed by atoms with Crippen LogP contribution in [0.5, 0.6) is 0 Å². The van der Waals surface area contributed by atoms with Gasteiger partial charge in [-0.3, -0.25) is 4.79 Å². The molecule has 0 unspecified atom stereocenters. The molecule has 3 aromatic carbocycles. The first-order valence-corrected chi connectivity index (χ1v) is 12.9. The molecule has 1 fully saturated rings. The smallest absolute Gasteiger partial charge is 0.256 e. The van der Waals surface area contributed by atoms with Crippen molar-refractivity contribution in [2.24, 2.45) is 4.99 Å². The van der Waals surface area contributed by atoms with E-state index in [9.17, 15) is 4.79 Å². The number of nitrogens with zero attached hydrogens (tertiary/aromatic N) is 2. The van der Waals surface area contributed by atoms with Crippen LogP contribution in [-0.2, 0) is 11.3 Å². The minimum atomic E-state index is -0.188. The summed E-state index contributed by atoms with van der Waals surface area (Å²) in [5.74, 6) is -0.188. The number of thiazole rings is 1. The van der Waals surface area contributed by atoms with E-state index in [-0.39, 0.29) is 12.0 Å². The fraction of sp³-hybridized carbons (Fsp3) is 0.214. The molecular weight excluding hydrogens is 478 g/mol. The maximum atomic E-state index is 13.2. The Kier molecular flexibility index (Phi) is 7.13. The van der Waals surface area contributed by atoms with Gasteiger partial charge in [0.25, 0.3) is 5.91 Å². The van der Waals surface area contributed by atoms with Crippen LogP contribution in [-0.4, -0.2) is 23.2 Å². The lowest BCUT2D eigenvalue weighted by atomic mass is 10.1. The van der Waals surface area contributed by atoms with Crippen molar-refractivity contribution in [3.63, 3.8) is 0 Å². The standard InChI is InChI=1S/C28H26ClN3O2S/c1-19-9-11-20(12-10-19)25-27(31-26(33)21-13-15-22(29)16-14-21)35-28(30-23-6-3-2-4-7-23)32(25)18-24-8-5-17-34-24/h2-4,6-7,9-16,24H,5,8,17-18H2,1H3,(H,31,33)/t24-/m1/s1. The minimum Gasteiger partial charge on any atom is -0.376 e. The molecule has 2 heterocycles. The van der Waals surface area contributed by atoms with E-state index in [0.717, 1.165) is 46.2 Å². The normalized spacial score (nSPS) is 15.9. The Bertz CT molecular complexity index is 1370. The van der Waals surface area contributed by atoms with Crippen molar-refractivity contribution in [2.75, 3.05) is 11.9 Å². The molecule has 35 heavy (non-hydrogen) atoms. The Hall–Kier alpha value is -3.19. The summed E-state index contributed by atoms with van der Waals surface area (Å²) in [6.07, 6.45) is 2.18. The van der Waals surface area contributed by atoms with Gasteiger partial charge in [0.2, 0.25) is 0 Å². The van der Waals surface area contributed by atoms with Crippen molar-refractivity contribution in [1.82, 2.24) is 4.57 Å². The van der Waals surface area contributed by atoms with Crippen LogP contribution in [0.15, 0.2) is 83.9 Å². The molecule has 0 aliphatic carbocycles. The van der Waals surface area contributed by atoms with Crippen LogP contribution in [0.25, 0.3) is 11.3 Å². The fourth-order valence-corrected chi connectivity index (χ4v) is 5.33. The molecule has 0 bridgehead atoms. The van der Waals surface area contributed by atoms with Crippen LogP contribution in [0, 0.1) is 6.92 Å². The molecule has 1 atom stereocenters. The molecule has 1 saturated heterocycles. The first-order valence-electron chi connectivity index (χ1n) is 11.7. The van der Waals surface area contributed by atoms with Gasteiger partial charge in [-0.1, -0.05) is 71.0 Å². The number of nitrogens with one attached hydrogen (secondary N) is 1. The summed E-state index contributed by atoms with van der Waals surface area (Å²) in [6, 6.07) is 25.1. The van der Waals surface area contributed by atoms with Crippen molar-refractivity contribution in [1.29, 1.82) is 0 Å². The Labute approximate surface area is 213 Å². The highest BCUT2D eigenvalue weighted by Crippen LogP contribution is 2.33. The summed E-state index contributed by atoms with van der Waals surface area (Å²) >= 11 is 7.49. The summed E-state index contributed by atoms with van der Waals surface area (Å²) in [5.41, 5.74) is 4.54. The maximum absolute atomic E-state index is 13.2. The minimum absolute atomic E-state index is 0.114. The molecule has 0 saturated carbocycles. The van der Waals surface area contributed by atoms with Gasteiger partial charge in [-0.15, -0.1) is 0 Å². The molecule has 1 aromatic heterocycles. The Balaban J connectivity index is 1.65. The van der Waals surface area contributed by atoms with Crippen LogP contribution in [0.2, 0.25) is 5.02 Å². The fourth-order valence-electron chi connectivity index (χ4n) is 4.13. The average Bonchev–Trinajstić information content (AvgIpc) is 3.49. The van der Waals surface area contributed by atoms with Crippen LogP contribution < -0.4 is 10.1 Å². The third kappa shape index (κ3) is 5.56. The van der Waals surface area contributed by atoms with Gasteiger partial charge in [-0.25, -0.2) is 4.99 Å². The zero-order valence-electron chi connectivity index (χ0n) is 19.4. The summed E-state index contributed by atoms with van der Waals surface area (Å²) in [7, 11) is 0. The number of ether oxygens (including phenoxy) is 1. The predicted octanol–water partition coefficient (Wildman–Crippen LogP) is 6.84. The molecule has 0 radical (unpaired) electrons. The van der Waals surface area contributed by atoms with Crippen molar-refractivity contribution in [2.45, 2.75) is 32.4 Å². The van der Waals surface area contributed by atoms with Crippen molar-refractivity contribution in [3.05, 3.63) is 99.8 Å². The quantitative estimate of drug-likeness (QED) is 0.313. The van der Waals surface area contributed by atoms with Crippen LogP contribution in [0.4, 0.5) is 10.7 Å². The van der Waals surface area contributed by atoms with Gasteiger partial charge >= 0.3 is 0 Å². The third-order valence-electron chi connectivity index (χ3n) is 5.96. The van der Waals surface area contributed by atoms with Gasteiger partial charge in [0.05, 0.1) is 24.0 Å². The number of carbonyl (C=O) groups is 1. The average molecular weight is 504 g/mol. The van der Waals surface area contributed by atoms with E-state index in [4.69, 9.17) is 21.3 Å². The summed E-state index contributed by atoms with van der Waals surface area (Å²) in [6.45, 7) is 3.51. The summed E-state index contributed by atoms with van der Waals surface area (Å²) < 4.78 is 8.18. The highest BCUT2D eigenvalue weighted by Gasteiger charge is 2.23. The molecule has 4 aromatic rings. The number of rotatable bonds is 6. The second-order valence-corrected chi connectivity index (χ2v) is 10.00. The number of benzene rings is 3. The molecule has 7 heteroatoms. The summed E-state index contributed by atoms with van der Waals surface area (Å²) in [4.78, 5) is 18.9. The number of aryl methyl sites for hydroxylation is 1. The van der Waals surface area contributed by atoms with E-state index in [1.165, 1.54) is 16.9 Å². The number of anilines is 1. The van der Waals surface area contributed by atoms with E-state index >= 15 is 0 Å². The van der Waals surface area contributed by atoms with E-state index in [2.05, 4.69) is 41.1 Å². The van der Waals surface area contributed by atoms with E-state index < -0.39 is 0 Å². The Morgan fingerprint density at radius 3 is 2.51 bits per heavy atom. The van der Waals surface area contributed by atoms with Gasteiger partial charge in [0.15, 0.2) is 4.80 Å². The number of hydrogen-bond donors (Lipinski definition) is 1. The molecule has 5 nitrogen and oxygen atoms in total. The Morgan fingerprint density at radius 1 is 1.09 bits per heavy atom. The van der Waals surface area contributed by atoms with E-state index in [0.29, 0.717) is 17.1 Å². The number of amides is 1. The monoisotopic (exact) mass is 503 g/mol. The van der Waals surface area contributed by atoms with Crippen molar-refractivity contribution < 1.29 is 9.53 Å². The van der Waals surface area contributed by atoms with E-state index in [1.807, 2.05) is 30.3 Å². The highest BCUT2D eigenvalue weighted by atomic mass is 35.5. The zero-order chi connectivity index (χ0) is 24.2. The van der Waals surface area contributed by atoms with Gasteiger partial charge in [0.1, 0.15) is 5.00 Å². The van der Waals surface area contributed by atoms with Gasteiger partial charge in [-0.2, -0.15) is 0 Å². The maximum Gasteiger partial charge on any atom is 0.256 e. The number of hydrogen-bond acceptors (Lipinski definition) is 4. The van der Waals surface area contributed by atoms with Gasteiger partial charge in [0, 0.05) is 22.8 Å². The first-order chi connectivity index (χ1) is 17.1. The number of halogens is 1. The summed E-state index contributed by atoms with van der Waals surface area (Å²) in [5, 5.41) is 4.49. The number of carbonyl (C=O) groups excluding carboxylic acids is 1. The molecule has 1 aliphatic heterocycles. The molecule has 1 aliphatic rings. The van der Waals surface area contributed by atoms with Crippen molar-refractivity contribution >= 4 is 39.5 Å². The first kappa shape index (κ1) is 23.5.